The van der Waals surface area contributed by atoms with Crippen molar-refractivity contribution in [3.8, 4) is 0 Å². The summed E-state index contributed by atoms with van der Waals surface area (Å²) in [6.07, 6.45) is -3.52. The number of pyridine rings is 1. The van der Waals surface area contributed by atoms with Crippen LogP contribution in [0, 0.1) is 0 Å². The smallest absolute Gasteiger partial charge is 0.389 e. The molecule has 0 aliphatic heterocycles. The lowest BCUT2D eigenvalue weighted by Gasteiger charge is -2.18. The number of aromatic nitrogens is 3. The summed E-state index contributed by atoms with van der Waals surface area (Å²) < 4.78 is 38.0. The van der Waals surface area contributed by atoms with Crippen LogP contribution in [0.2, 0.25) is 5.15 Å². The van der Waals surface area contributed by atoms with Crippen molar-refractivity contribution in [2.75, 3.05) is 17.2 Å². The number of halogens is 4. The molecule has 0 saturated heterocycles. The summed E-state index contributed by atoms with van der Waals surface area (Å²) in [5.41, 5.74) is -1.89. The van der Waals surface area contributed by atoms with Crippen molar-refractivity contribution in [3.63, 3.8) is 0 Å². The molecule has 130 valence electrons. The third kappa shape index (κ3) is 5.50. The molecule has 2 heterocycles. The van der Waals surface area contributed by atoms with Gasteiger partial charge in [0.15, 0.2) is 0 Å². The molecule has 0 amide bonds. The van der Waals surface area contributed by atoms with Crippen LogP contribution in [-0.2, 0) is 6.18 Å². The maximum atomic E-state index is 12.7. The summed E-state index contributed by atoms with van der Waals surface area (Å²) in [5.74, 6) is 0.338. The fraction of sp³-hybridized carbons (Fsp3) is 0.357. The van der Waals surface area contributed by atoms with Crippen molar-refractivity contribution in [2.24, 2.45) is 0 Å². The van der Waals surface area contributed by atoms with Crippen LogP contribution in [-0.4, -0.2) is 32.2 Å². The van der Waals surface area contributed by atoms with E-state index >= 15 is 0 Å². The number of hydrogen-bond acceptors (Lipinski definition) is 6. The van der Waals surface area contributed by atoms with Crippen molar-refractivity contribution >= 4 is 29.1 Å². The van der Waals surface area contributed by atoms with Gasteiger partial charge >= 0.3 is 6.18 Å². The quantitative estimate of drug-likeness (QED) is 0.707. The lowest BCUT2D eigenvalue weighted by atomic mass is 10.1. The molecule has 0 fully saturated rings. The first kappa shape index (κ1) is 18.2. The average molecular weight is 362 g/mol. The maximum absolute atomic E-state index is 12.7. The third-order valence-electron chi connectivity index (χ3n) is 2.70. The van der Waals surface area contributed by atoms with Gasteiger partial charge in [0.25, 0.3) is 0 Å². The minimum Gasteiger partial charge on any atom is -0.389 e. The third-order valence-corrected chi connectivity index (χ3v) is 2.90. The predicted molar refractivity (Wildman–Crippen MR) is 84.4 cm³/mol. The minimum absolute atomic E-state index is 0.0140. The van der Waals surface area contributed by atoms with Gasteiger partial charge in [0, 0.05) is 24.5 Å². The van der Waals surface area contributed by atoms with E-state index in [2.05, 4.69) is 25.6 Å². The Morgan fingerprint density at radius 1 is 1.21 bits per heavy atom. The molecule has 0 atom stereocenters. The second kappa shape index (κ2) is 6.78. The topological polar surface area (TPSA) is 83.0 Å². The van der Waals surface area contributed by atoms with Crippen molar-refractivity contribution in [1.82, 2.24) is 15.0 Å². The first-order valence-electron chi connectivity index (χ1n) is 6.84. The van der Waals surface area contributed by atoms with Crippen LogP contribution in [0.25, 0.3) is 0 Å². The number of anilines is 3. The highest BCUT2D eigenvalue weighted by Crippen LogP contribution is 2.29. The van der Waals surface area contributed by atoms with Gasteiger partial charge in [-0.05, 0) is 26.0 Å². The largest absolute Gasteiger partial charge is 0.433 e. The number of nitrogens with zero attached hydrogens (tertiary/aromatic N) is 3. The molecule has 10 heteroatoms. The highest BCUT2D eigenvalue weighted by Gasteiger charge is 2.32. The zero-order valence-corrected chi connectivity index (χ0v) is 13.6. The van der Waals surface area contributed by atoms with Crippen molar-refractivity contribution in [2.45, 2.75) is 25.6 Å². The zero-order chi connectivity index (χ0) is 18.0. The summed E-state index contributed by atoms with van der Waals surface area (Å²) in [4.78, 5) is 11.3. The van der Waals surface area contributed by atoms with Crippen molar-refractivity contribution in [3.05, 3.63) is 35.2 Å². The minimum atomic E-state index is -4.55. The summed E-state index contributed by atoms with van der Waals surface area (Å²) in [6.45, 7) is 3.42. The van der Waals surface area contributed by atoms with Crippen molar-refractivity contribution < 1.29 is 18.3 Å². The Kier molecular flexibility index (Phi) is 5.14. The molecule has 2 aromatic rings. The van der Waals surface area contributed by atoms with Crippen LogP contribution in [0.1, 0.15) is 19.5 Å². The highest BCUT2D eigenvalue weighted by molar-refractivity contribution is 6.29. The van der Waals surface area contributed by atoms with E-state index < -0.39 is 17.5 Å². The lowest BCUT2D eigenvalue weighted by molar-refractivity contribution is -0.141. The van der Waals surface area contributed by atoms with Gasteiger partial charge in [-0.3, -0.25) is 4.98 Å². The molecule has 2 aromatic heterocycles. The van der Waals surface area contributed by atoms with Crippen LogP contribution in [0.15, 0.2) is 24.4 Å². The van der Waals surface area contributed by atoms with Gasteiger partial charge in [0.1, 0.15) is 16.7 Å². The summed E-state index contributed by atoms with van der Waals surface area (Å²) >= 11 is 5.88. The van der Waals surface area contributed by atoms with Gasteiger partial charge in [-0.15, -0.1) is 0 Å². The molecule has 3 N–H and O–H groups in total. The van der Waals surface area contributed by atoms with Crippen LogP contribution >= 0.6 is 11.6 Å². The fourth-order valence-electron chi connectivity index (χ4n) is 1.66. The van der Waals surface area contributed by atoms with Gasteiger partial charge in [0.2, 0.25) is 5.95 Å². The van der Waals surface area contributed by atoms with E-state index in [1.807, 2.05) is 0 Å². The van der Waals surface area contributed by atoms with E-state index in [9.17, 15) is 18.3 Å². The second-order valence-corrected chi connectivity index (χ2v) is 6.01. The number of aliphatic hydroxyl groups is 1. The van der Waals surface area contributed by atoms with Crippen LogP contribution in [0.3, 0.4) is 0 Å². The standard InChI is InChI=1S/C14H15ClF3N5O/c1-13(2,24)7-20-11-6-10(15)22-12(23-11)21-8-3-4-19-9(5-8)14(16,17)18/h3-6,24H,7H2,1-2H3,(H2,19,20,21,22,23). The van der Waals surface area contributed by atoms with Crippen LogP contribution in [0.4, 0.5) is 30.6 Å². The normalized spacial score (nSPS) is 12.1. The molecule has 24 heavy (non-hydrogen) atoms. The van der Waals surface area contributed by atoms with Crippen molar-refractivity contribution in [1.29, 1.82) is 0 Å². The average Bonchev–Trinajstić information content (AvgIpc) is 2.43. The van der Waals surface area contributed by atoms with Crippen LogP contribution < -0.4 is 10.6 Å². The molecule has 0 bridgehead atoms. The van der Waals surface area contributed by atoms with E-state index in [0.29, 0.717) is 5.82 Å². The Labute approximate surface area is 141 Å². The highest BCUT2D eigenvalue weighted by atomic mass is 35.5. The summed E-state index contributed by atoms with van der Waals surface area (Å²) in [6, 6.07) is 3.63. The molecule has 0 aromatic carbocycles. The Balaban J connectivity index is 2.19. The molecule has 0 saturated carbocycles. The molecule has 0 aliphatic rings. The molecular weight excluding hydrogens is 347 g/mol. The number of rotatable bonds is 5. The monoisotopic (exact) mass is 361 g/mol. The van der Waals surface area contributed by atoms with Gasteiger partial charge in [0.05, 0.1) is 5.60 Å². The number of nitrogens with one attached hydrogen (secondary N) is 2. The van der Waals surface area contributed by atoms with Gasteiger partial charge in [-0.1, -0.05) is 11.6 Å². The summed E-state index contributed by atoms with van der Waals surface area (Å²) in [7, 11) is 0. The number of alkyl halides is 3. The molecule has 6 nitrogen and oxygen atoms in total. The second-order valence-electron chi connectivity index (χ2n) is 5.62. The molecule has 0 spiro atoms. The number of hydrogen-bond donors (Lipinski definition) is 3. The van der Waals surface area contributed by atoms with E-state index in [1.54, 1.807) is 13.8 Å². The Bertz CT molecular complexity index is 718. The van der Waals surface area contributed by atoms with Gasteiger partial charge in [-0.2, -0.15) is 18.2 Å². The Morgan fingerprint density at radius 3 is 2.54 bits per heavy atom. The van der Waals surface area contributed by atoms with E-state index in [-0.39, 0.29) is 23.3 Å². The summed E-state index contributed by atoms with van der Waals surface area (Å²) in [5, 5.41) is 15.3. The SMILES string of the molecule is CC(C)(O)CNc1cc(Cl)nc(Nc2ccnc(C(F)(F)F)c2)n1. The maximum Gasteiger partial charge on any atom is 0.433 e. The van der Waals surface area contributed by atoms with E-state index in [0.717, 1.165) is 12.3 Å². The molecule has 0 aliphatic carbocycles. The van der Waals surface area contributed by atoms with E-state index in [4.69, 9.17) is 11.6 Å². The Morgan fingerprint density at radius 2 is 1.92 bits per heavy atom. The lowest BCUT2D eigenvalue weighted by Crippen LogP contribution is -2.29. The molecule has 0 radical (unpaired) electrons. The predicted octanol–water partition coefficient (Wildman–Crippen LogP) is 3.47. The molecule has 2 rings (SSSR count). The molecular formula is C14H15ClF3N5O. The first-order chi connectivity index (χ1) is 11.0. The first-order valence-corrected chi connectivity index (χ1v) is 7.22. The zero-order valence-electron chi connectivity index (χ0n) is 12.8. The Hall–Kier alpha value is -2.13. The molecule has 0 unspecified atom stereocenters. The van der Waals surface area contributed by atoms with E-state index in [1.165, 1.54) is 12.1 Å². The van der Waals surface area contributed by atoms with Crippen LogP contribution in [0.5, 0.6) is 0 Å². The van der Waals surface area contributed by atoms with Gasteiger partial charge < -0.3 is 15.7 Å². The fourth-order valence-corrected chi connectivity index (χ4v) is 1.85. The van der Waals surface area contributed by atoms with Gasteiger partial charge in [-0.25, -0.2) is 4.98 Å².